The molecule has 18 heavy (non-hydrogen) atoms. The lowest BCUT2D eigenvalue weighted by Crippen LogP contribution is -2.10. The van der Waals surface area contributed by atoms with Crippen molar-refractivity contribution in [3.63, 3.8) is 0 Å². The smallest absolute Gasteiger partial charge is 0.143 e. The van der Waals surface area contributed by atoms with Gasteiger partial charge in [0.2, 0.25) is 0 Å². The SMILES string of the molecule is CNCc1nc(C)cc(-c2ccc(F)cc2F)n1. The van der Waals surface area contributed by atoms with Crippen LogP contribution in [-0.4, -0.2) is 17.0 Å². The van der Waals surface area contributed by atoms with Crippen LogP contribution in [0.25, 0.3) is 11.3 Å². The lowest BCUT2D eigenvalue weighted by Gasteiger charge is -2.07. The van der Waals surface area contributed by atoms with Gasteiger partial charge in [0, 0.05) is 17.3 Å². The van der Waals surface area contributed by atoms with Gasteiger partial charge in [-0.15, -0.1) is 0 Å². The van der Waals surface area contributed by atoms with Crippen LogP contribution in [0.15, 0.2) is 24.3 Å². The van der Waals surface area contributed by atoms with Crippen molar-refractivity contribution in [1.29, 1.82) is 0 Å². The van der Waals surface area contributed by atoms with Gasteiger partial charge in [0.15, 0.2) is 0 Å². The van der Waals surface area contributed by atoms with Crippen LogP contribution < -0.4 is 5.32 Å². The van der Waals surface area contributed by atoms with Crippen molar-refractivity contribution in [3.8, 4) is 11.3 Å². The molecule has 0 aliphatic carbocycles. The van der Waals surface area contributed by atoms with E-state index in [9.17, 15) is 8.78 Å². The van der Waals surface area contributed by atoms with Gasteiger partial charge in [0.05, 0.1) is 12.2 Å². The molecule has 0 amide bonds. The molecule has 0 bridgehead atoms. The fraction of sp³-hybridized carbons (Fsp3) is 0.231. The van der Waals surface area contributed by atoms with Crippen molar-refractivity contribution in [2.45, 2.75) is 13.5 Å². The molecule has 0 fully saturated rings. The van der Waals surface area contributed by atoms with E-state index in [2.05, 4.69) is 15.3 Å². The Labute approximate surface area is 104 Å². The molecule has 0 aliphatic heterocycles. The third-order valence-corrected chi connectivity index (χ3v) is 2.44. The van der Waals surface area contributed by atoms with E-state index in [-0.39, 0.29) is 5.56 Å². The van der Waals surface area contributed by atoms with E-state index in [1.165, 1.54) is 12.1 Å². The summed E-state index contributed by atoms with van der Waals surface area (Å²) in [5.41, 5.74) is 1.48. The molecule has 0 aliphatic rings. The largest absolute Gasteiger partial charge is 0.313 e. The molecular weight excluding hydrogens is 236 g/mol. The van der Waals surface area contributed by atoms with Crippen LogP contribution in [0.1, 0.15) is 11.5 Å². The van der Waals surface area contributed by atoms with Gasteiger partial charge >= 0.3 is 0 Å². The van der Waals surface area contributed by atoms with Gasteiger partial charge in [-0.3, -0.25) is 0 Å². The number of halogens is 2. The summed E-state index contributed by atoms with van der Waals surface area (Å²) in [6.07, 6.45) is 0. The zero-order valence-corrected chi connectivity index (χ0v) is 10.2. The Kier molecular flexibility index (Phi) is 3.62. The van der Waals surface area contributed by atoms with Gasteiger partial charge in [-0.05, 0) is 32.2 Å². The molecule has 2 rings (SSSR count). The van der Waals surface area contributed by atoms with Crippen molar-refractivity contribution >= 4 is 0 Å². The average molecular weight is 249 g/mol. The van der Waals surface area contributed by atoms with Crippen LogP contribution in [0.4, 0.5) is 8.78 Å². The number of nitrogens with one attached hydrogen (secondary N) is 1. The molecule has 0 unspecified atom stereocenters. The Bertz CT molecular complexity index is 570. The lowest BCUT2D eigenvalue weighted by molar-refractivity contribution is 0.585. The Morgan fingerprint density at radius 1 is 1.17 bits per heavy atom. The van der Waals surface area contributed by atoms with E-state index in [0.717, 1.165) is 11.8 Å². The number of benzene rings is 1. The number of hydrogen-bond donors (Lipinski definition) is 1. The zero-order valence-electron chi connectivity index (χ0n) is 10.2. The van der Waals surface area contributed by atoms with Crippen LogP contribution >= 0.6 is 0 Å². The van der Waals surface area contributed by atoms with Gasteiger partial charge < -0.3 is 5.32 Å². The van der Waals surface area contributed by atoms with Crippen LogP contribution in [0.2, 0.25) is 0 Å². The molecule has 5 heteroatoms. The molecule has 94 valence electrons. The van der Waals surface area contributed by atoms with E-state index in [1.807, 2.05) is 6.92 Å². The van der Waals surface area contributed by atoms with E-state index >= 15 is 0 Å². The summed E-state index contributed by atoms with van der Waals surface area (Å²) in [6, 6.07) is 5.13. The molecule has 1 aromatic heterocycles. The van der Waals surface area contributed by atoms with Crippen LogP contribution in [0.3, 0.4) is 0 Å². The summed E-state index contributed by atoms with van der Waals surface area (Å²) in [6.45, 7) is 2.31. The number of nitrogens with zero attached hydrogens (tertiary/aromatic N) is 2. The first-order valence-electron chi connectivity index (χ1n) is 5.54. The van der Waals surface area contributed by atoms with Crippen LogP contribution in [0, 0.1) is 18.6 Å². The van der Waals surface area contributed by atoms with Crippen LogP contribution in [-0.2, 0) is 6.54 Å². The molecular formula is C13H13F2N3. The molecule has 0 radical (unpaired) electrons. The maximum Gasteiger partial charge on any atom is 0.143 e. The van der Waals surface area contributed by atoms with Crippen molar-refractivity contribution in [1.82, 2.24) is 15.3 Å². The predicted octanol–water partition coefficient (Wildman–Crippen LogP) is 2.45. The quantitative estimate of drug-likeness (QED) is 0.908. The Balaban J connectivity index is 2.49. The third kappa shape index (κ3) is 2.68. The van der Waals surface area contributed by atoms with Gasteiger partial charge in [0.25, 0.3) is 0 Å². The highest BCUT2D eigenvalue weighted by Crippen LogP contribution is 2.22. The summed E-state index contributed by atoms with van der Waals surface area (Å²) in [7, 11) is 1.78. The van der Waals surface area contributed by atoms with Crippen molar-refractivity contribution in [2.24, 2.45) is 0 Å². The zero-order chi connectivity index (χ0) is 13.1. The summed E-state index contributed by atoms with van der Waals surface area (Å²) < 4.78 is 26.5. The average Bonchev–Trinajstić information content (AvgIpc) is 2.28. The summed E-state index contributed by atoms with van der Waals surface area (Å²) in [5.74, 6) is -0.641. The van der Waals surface area contributed by atoms with E-state index in [4.69, 9.17) is 0 Å². The second-order valence-electron chi connectivity index (χ2n) is 3.97. The predicted molar refractivity (Wildman–Crippen MR) is 64.9 cm³/mol. The van der Waals surface area contributed by atoms with Crippen molar-refractivity contribution in [2.75, 3.05) is 7.05 Å². The van der Waals surface area contributed by atoms with E-state index < -0.39 is 11.6 Å². The second-order valence-corrected chi connectivity index (χ2v) is 3.97. The molecule has 3 nitrogen and oxygen atoms in total. The minimum Gasteiger partial charge on any atom is -0.313 e. The molecule has 1 N–H and O–H groups in total. The molecule has 1 aromatic carbocycles. The first-order valence-corrected chi connectivity index (χ1v) is 5.54. The van der Waals surface area contributed by atoms with Gasteiger partial charge in [-0.25, -0.2) is 18.7 Å². The number of aromatic nitrogens is 2. The highest BCUT2D eigenvalue weighted by Gasteiger charge is 2.10. The van der Waals surface area contributed by atoms with Gasteiger partial charge in [0.1, 0.15) is 17.5 Å². The van der Waals surface area contributed by atoms with E-state index in [0.29, 0.717) is 18.1 Å². The molecule has 0 saturated carbocycles. The minimum atomic E-state index is -0.622. The fourth-order valence-corrected chi connectivity index (χ4v) is 1.70. The second kappa shape index (κ2) is 5.18. The molecule has 1 heterocycles. The van der Waals surface area contributed by atoms with Crippen LogP contribution in [0.5, 0.6) is 0 Å². The normalized spacial score (nSPS) is 10.7. The monoisotopic (exact) mass is 249 g/mol. The van der Waals surface area contributed by atoms with Crippen molar-refractivity contribution < 1.29 is 8.78 Å². The topological polar surface area (TPSA) is 37.8 Å². The Morgan fingerprint density at radius 3 is 2.61 bits per heavy atom. The van der Waals surface area contributed by atoms with Gasteiger partial charge in [-0.2, -0.15) is 0 Å². The maximum atomic E-state index is 13.7. The Hall–Kier alpha value is -1.88. The van der Waals surface area contributed by atoms with Crippen molar-refractivity contribution in [3.05, 3.63) is 47.4 Å². The summed E-state index contributed by atoms with van der Waals surface area (Å²) in [4.78, 5) is 8.47. The molecule has 2 aromatic rings. The third-order valence-electron chi connectivity index (χ3n) is 2.44. The first-order chi connectivity index (χ1) is 8.60. The first kappa shape index (κ1) is 12.6. The minimum absolute atomic E-state index is 0.277. The highest BCUT2D eigenvalue weighted by atomic mass is 19.1. The number of rotatable bonds is 3. The maximum absolute atomic E-state index is 13.7. The van der Waals surface area contributed by atoms with E-state index in [1.54, 1.807) is 13.1 Å². The number of aryl methyl sites for hydroxylation is 1. The Morgan fingerprint density at radius 2 is 1.94 bits per heavy atom. The molecule has 0 spiro atoms. The van der Waals surface area contributed by atoms with Gasteiger partial charge in [-0.1, -0.05) is 0 Å². The standard InChI is InChI=1S/C13H13F2N3/c1-8-5-12(18-13(17-8)7-16-2)10-4-3-9(14)6-11(10)15/h3-6,16H,7H2,1-2H3. The lowest BCUT2D eigenvalue weighted by atomic mass is 10.1. The molecule has 0 atom stereocenters. The molecule has 0 saturated heterocycles. The summed E-state index contributed by atoms with van der Waals surface area (Å²) >= 11 is 0. The fourth-order valence-electron chi connectivity index (χ4n) is 1.70. The summed E-state index contributed by atoms with van der Waals surface area (Å²) in [5, 5.41) is 2.93. The highest BCUT2D eigenvalue weighted by molar-refractivity contribution is 5.60. The number of hydrogen-bond acceptors (Lipinski definition) is 3.